The first-order valence-corrected chi connectivity index (χ1v) is 9.73. The van der Waals surface area contributed by atoms with Crippen LogP contribution < -0.4 is 5.32 Å². The predicted octanol–water partition coefficient (Wildman–Crippen LogP) is 4.19. The lowest BCUT2D eigenvalue weighted by atomic mass is 10.1. The van der Waals surface area contributed by atoms with Crippen LogP contribution in [0, 0.1) is 6.92 Å². The molecule has 156 valence electrons. The number of phenols is 1. The van der Waals surface area contributed by atoms with Crippen molar-refractivity contribution in [3.63, 3.8) is 0 Å². The number of anilines is 1. The first-order valence-electron chi connectivity index (χ1n) is 9.73. The summed E-state index contributed by atoms with van der Waals surface area (Å²) < 4.78 is 5.93. The van der Waals surface area contributed by atoms with Crippen molar-refractivity contribution in [2.24, 2.45) is 5.10 Å². The molecule has 0 spiro atoms. The van der Waals surface area contributed by atoms with E-state index in [-0.39, 0.29) is 17.6 Å². The molecular weight excluding hydrogens is 394 g/mol. The highest BCUT2D eigenvalue weighted by Crippen LogP contribution is 2.31. The molecule has 1 aliphatic rings. The smallest absolute Gasteiger partial charge is 0.255 e. The molecule has 0 fully saturated rings. The van der Waals surface area contributed by atoms with E-state index in [1.165, 1.54) is 24.1 Å². The second-order valence-electron chi connectivity index (χ2n) is 7.23. The number of nitrogens with zero attached hydrogens (tertiary/aromatic N) is 2. The minimum atomic E-state index is -0.714. The fourth-order valence-electron chi connectivity index (χ4n) is 3.14. The van der Waals surface area contributed by atoms with Crippen LogP contribution in [0.3, 0.4) is 0 Å². The quantitative estimate of drug-likeness (QED) is 0.668. The second-order valence-corrected chi connectivity index (χ2v) is 7.23. The molecular formula is C24H21N3O4. The summed E-state index contributed by atoms with van der Waals surface area (Å²) in [5.74, 6) is -0.0439. The van der Waals surface area contributed by atoms with Gasteiger partial charge < -0.3 is 15.2 Å². The Morgan fingerprint density at radius 1 is 0.968 bits per heavy atom. The molecule has 0 bridgehead atoms. The number of hydrazone groups is 1. The molecule has 0 unspecified atom stereocenters. The van der Waals surface area contributed by atoms with Gasteiger partial charge in [0.05, 0.1) is 0 Å². The SMILES string of the molecule is CC(=O)N1N=C(c2ccc(NC(=O)c3ccc(C)cc3)cc2)O[C@@H]1c1ccc(O)cc1. The van der Waals surface area contributed by atoms with Gasteiger partial charge in [0.2, 0.25) is 18.0 Å². The summed E-state index contributed by atoms with van der Waals surface area (Å²) in [6, 6.07) is 20.8. The third-order valence-corrected chi connectivity index (χ3v) is 4.85. The number of ether oxygens (including phenoxy) is 1. The number of hydrogen-bond acceptors (Lipinski definition) is 5. The number of benzene rings is 3. The topological polar surface area (TPSA) is 91.2 Å². The highest BCUT2D eigenvalue weighted by Gasteiger charge is 2.33. The molecule has 0 radical (unpaired) electrons. The van der Waals surface area contributed by atoms with Crippen molar-refractivity contribution in [2.45, 2.75) is 20.1 Å². The maximum Gasteiger partial charge on any atom is 0.255 e. The molecule has 0 aromatic heterocycles. The molecule has 0 aliphatic carbocycles. The van der Waals surface area contributed by atoms with Crippen molar-refractivity contribution < 1.29 is 19.4 Å². The van der Waals surface area contributed by atoms with Crippen molar-refractivity contribution in [3.05, 3.63) is 95.1 Å². The van der Waals surface area contributed by atoms with Gasteiger partial charge in [-0.2, -0.15) is 5.01 Å². The molecule has 2 amide bonds. The van der Waals surface area contributed by atoms with E-state index in [9.17, 15) is 14.7 Å². The molecule has 7 heteroatoms. The predicted molar refractivity (Wildman–Crippen MR) is 117 cm³/mol. The lowest BCUT2D eigenvalue weighted by Crippen LogP contribution is -2.25. The Morgan fingerprint density at radius 3 is 2.23 bits per heavy atom. The zero-order valence-electron chi connectivity index (χ0n) is 17.1. The van der Waals surface area contributed by atoms with Crippen LogP contribution in [0.15, 0.2) is 77.9 Å². The molecule has 2 N–H and O–H groups in total. The Bertz CT molecular complexity index is 1140. The van der Waals surface area contributed by atoms with Crippen LogP contribution in [0.5, 0.6) is 5.75 Å². The minimum absolute atomic E-state index is 0.125. The average Bonchev–Trinajstić information content (AvgIpc) is 3.21. The van der Waals surface area contributed by atoms with E-state index >= 15 is 0 Å². The van der Waals surface area contributed by atoms with Crippen molar-refractivity contribution in [2.75, 3.05) is 5.32 Å². The summed E-state index contributed by atoms with van der Waals surface area (Å²) in [7, 11) is 0. The van der Waals surface area contributed by atoms with Crippen molar-refractivity contribution in [1.29, 1.82) is 0 Å². The maximum atomic E-state index is 12.4. The third-order valence-electron chi connectivity index (χ3n) is 4.85. The first kappa shape index (κ1) is 20.2. The zero-order chi connectivity index (χ0) is 22.0. The van der Waals surface area contributed by atoms with Crippen LogP contribution in [-0.4, -0.2) is 27.8 Å². The second kappa shape index (κ2) is 8.31. The Labute approximate surface area is 179 Å². The van der Waals surface area contributed by atoms with Crippen LogP contribution >= 0.6 is 0 Å². The van der Waals surface area contributed by atoms with E-state index in [1.807, 2.05) is 19.1 Å². The Hall–Kier alpha value is -4.13. The highest BCUT2D eigenvalue weighted by molar-refractivity contribution is 6.04. The fourth-order valence-corrected chi connectivity index (χ4v) is 3.14. The van der Waals surface area contributed by atoms with Gasteiger partial charge in [-0.05, 0) is 67.6 Å². The van der Waals surface area contributed by atoms with Gasteiger partial charge >= 0.3 is 0 Å². The standard InChI is InChI=1S/C24H21N3O4/c1-15-3-5-17(6-4-15)22(30)25-20-11-7-18(8-12-20)23-26-27(16(2)28)24(31-23)19-9-13-21(29)14-10-19/h3-14,24,29H,1-2H3,(H,25,30)/t24-/m1/s1. The molecule has 7 nitrogen and oxygen atoms in total. The summed E-state index contributed by atoms with van der Waals surface area (Å²) in [6.45, 7) is 3.38. The van der Waals surface area contributed by atoms with E-state index in [4.69, 9.17) is 4.74 Å². The molecule has 4 rings (SSSR count). The molecule has 0 saturated carbocycles. The van der Waals surface area contributed by atoms with Crippen LogP contribution in [0.1, 0.15) is 40.2 Å². The largest absolute Gasteiger partial charge is 0.508 e. The first-order chi connectivity index (χ1) is 14.9. The number of aryl methyl sites for hydroxylation is 1. The van der Waals surface area contributed by atoms with E-state index in [0.29, 0.717) is 28.3 Å². The normalized spacial score (nSPS) is 15.2. The Balaban J connectivity index is 1.49. The zero-order valence-corrected chi connectivity index (χ0v) is 17.1. The van der Waals surface area contributed by atoms with E-state index in [1.54, 1.807) is 48.5 Å². The van der Waals surface area contributed by atoms with Gasteiger partial charge in [-0.15, -0.1) is 5.10 Å². The third kappa shape index (κ3) is 4.40. The summed E-state index contributed by atoms with van der Waals surface area (Å²) >= 11 is 0. The molecule has 3 aromatic carbocycles. The monoisotopic (exact) mass is 415 g/mol. The van der Waals surface area contributed by atoms with Gasteiger partial charge in [-0.25, -0.2) is 0 Å². The molecule has 1 atom stereocenters. The summed E-state index contributed by atoms with van der Waals surface area (Å²) in [4.78, 5) is 24.4. The van der Waals surface area contributed by atoms with Gasteiger partial charge in [-0.3, -0.25) is 9.59 Å². The van der Waals surface area contributed by atoms with Gasteiger partial charge in [-0.1, -0.05) is 17.7 Å². The summed E-state index contributed by atoms with van der Waals surface area (Å²) in [6.07, 6.45) is -0.714. The number of carbonyl (C=O) groups excluding carboxylic acids is 2. The van der Waals surface area contributed by atoms with Crippen LogP contribution in [0.4, 0.5) is 5.69 Å². The van der Waals surface area contributed by atoms with Crippen LogP contribution in [0.2, 0.25) is 0 Å². The van der Waals surface area contributed by atoms with Gasteiger partial charge in [0, 0.05) is 29.3 Å². The number of phenolic OH excluding ortho intramolecular Hbond substituents is 1. The Kier molecular flexibility index (Phi) is 5.41. The number of hydrogen-bond donors (Lipinski definition) is 2. The minimum Gasteiger partial charge on any atom is -0.508 e. The molecule has 31 heavy (non-hydrogen) atoms. The molecule has 1 aliphatic heterocycles. The lowest BCUT2D eigenvalue weighted by Gasteiger charge is -2.19. The van der Waals surface area contributed by atoms with Crippen LogP contribution in [-0.2, 0) is 9.53 Å². The lowest BCUT2D eigenvalue weighted by molar-refractivity contribution is -0.135. The van der Waals surface area contributed by atoms with E-state index in [2.05, 4.69) is 10.4 Å². The Morgan fingerprint density at radius 2 is 1.61 bits per heavy atom. The summed E-state index contributed by atoms with van der Waals surface area (Å²) in [5, 5.41) is 17.9. The number of rotatable bonds is 4. The number of amides is 2. The van der Waals surface area contributed by atoms with Crippen LogP contribution in [0.25, 0.3) is 0 Å². The van der Waals surface area contributed by atoms with Gasteiger partial charge in [0.1, 0.15) is 5.75 Å². The van der Waals surface area contributed by atoms with Crippen molar-refractivity contribution >= 4 is 23.4 Å². The molecule has 3 aromatic rings. The van der Waals surface area contributed by atoms with E-state index in [0.717, 1.165) is 5.56 Å². The number of nitrogens with one attached hydrogen (secondary N) is 1. The summed E-state index contributed by atoms with van der Waals surface area (Å²) in [5.41, 5.74) is 3.65. The van der Waals surface area contributed by atoms with Gasteiger partial charge in [0.25, 0.3) is 5.91 Å². The van der Waals surface area contributed by atoms with E-state index < -0.39 is 6.23 Å². The number of aromatic hydroxyl groups is 1. The van der Waals surface area contributed by atoms with Gasteiger partial charge in [0.15, 0.2) is 0 Å². The average molecular weight is 415 g/mol. The maximum absolute atomic E-state index is 12.4. The fraction of sp³-hybridized carbons (Fsp3) is 0.125. The highest BCUT2D eigenvalue weighted by atomic mass is 16.5. The number of carbonyl (C=O) groups is 2. The van der Waals surface area contributed by atoms with Crippen molar-refractivity contribution in [1.82, 2.24) is 5.01 Å². The van der Waals surface area contributed by atoms with Crippen molar-refractivity contribution in [3.8, 4) is 5.75 Å². The molecule has 1 heterocycles. The molecule has 0 saturated heterocycles.